The van der Waals surface area contributed by atoms with Gasteiger partial charge in [0.1, 0.15) is 30.4 Å². The number of rotatable bonds is 10. The van der Waals surface area contributed by atoms with Crippen LogP contribution in [0.25, 0.3) is 0 Å². The van der Waals surface area contributed by atoms with Gasteiger partial charge in [-0.15, -0.1) is 0 Å². The maximum absolute atomic E-state index is 13.5. The number of para-hydroxylation sites is 2. The Labute approximate surface area is 301 Å². The molecule has 2 saturated heterocycles. The molecule has 12 heteroatoms. The van der Waals surface area contributed by atoms with Crippen LogP contribution in [0.4, 0.5) is 26.3 Å². The number of hydrogen-bond acceptors (Lipinski definition) is 6. The molecule has 0 radical (unpaired) electrons. The van der Waals surface area contributed by atoms with Crippen molar-refractivity contribution in [2.45, 2.75) is 51.0 Å². The smallest absolute Gasteiger partial charge is 0.416 e. The third-order valence-electron chi connectivity index (χ3n) is 8.55. The van der Waals surface area contributed by atoms with Crippen LogP contribution in [0.5, 0.6) is 17.2 Å². The molecule has 2 aliphatic heterocycles. The van der Waals surface area contributed by atoms with Gasteiger partial charge in [0.05, 0.1) is 11.2 Å². The minimum atomic E-state index is -4.40. The highest BCUT2D eigenvalue weighted by Gasteiger charge is 2.37. The molecule has 2 aliphatic rings. The standard InChI is InChI=1S/C20H21F4NO2.C13H18FNO2.C7H7F/c1-19(27-16-6-4-5-15(13-16)20(22,23)24)9-10-25(14-19)11-12-26-18-8-3-2-7-17(18)21;1-13(16)6-7-15(10-13)8-9-17-12-5-3-2-4-11(12)14;1-6-3-2-4-7(8)5-6/h2-8,13H,9-12,14H2,1H3;2-5,16H,6-10H2,1H3;2-5H,1H3. The first-order valence-corrected chi connectivity index (χ1v) is 17.1. The van der Waals surface area contributed by atoms with E-state index in [0.717, 1.165) is 37.2 Å². The number of likely N-dealkylation sites (tertiary alicyclic amines) is 2. The lowest BCUT2D eigenvalue weighted by Gasteiger charge is -2.27. The zero-order chi connectivity index (χ0) is 37.8. The highest BCUT2D eigenvalue weighted by atomic mass is 19.4. The Balaban J connectivity index is 0.000000204. The van der Waals surface area contributed by atoms with E-state index >= 15 is 0 Å². The van der Waals surface area contributed by atoms with Gasteiger partial charge < -0.3 is 19.3 Å². The number of aryl methyl sites for hydroxylation is 1. The van der Waals surface area contributed by atoms with Crippen LogP contribution in [0, 0.1) is 24.4 Å². The SMILES string of the molecule is CC1(O)CCN(CCOc2ccccc2F)C1.CC1(Oc2cccc(C(F)(F)F)c2)CCN(CCOc2ccccc2F)C1.Cc1cccc(F)c1. The Morgan fingerprint density at radius 1 is 0.692 bits per heavy atom. The Bertz CT molecular complexity index is 1690. The Morgan fingerprint density at radius 3 is 1.75 bits per heavy atom. The lowest BCUT2D eigenvalue weighted by atomic mass is 10.1. The average molecular weight is 733 g/mol. The number of alkyl halides is 3. The zero-order valence-corrected chi connectivity index (χ0v) is 29.6. The summed E-state index contributed by atoms with van der Waals surface area (Å²) >= 11 is 0. The van der Waals surface area contributed by atoms with Crippen LogP contribution in [-0.2, 0) is 6.18 Å². The summed E-state index contributed by atoms with van der Waals surface area (Å²) in [6.07, 6.45) is -2.93. The maximum atomic E-state index is 13.5. The molecule has 2 unspecified atom stereocenters. The second-order valence-corrected chi connectivity index (χ2v) is 13.5. The third-order valence-corrected chi connectivity index (χ3v) is 8.55. The predicted molar refractivity (Wildman–Crippen MR) is 188 cm³/mol. The second kappa shape index (κ2) is 18.5. The summed E-state index contributed by atoms with van der Waals surface area (Å²) < 4.78 is 94.2. The molecule has 2 heterocycles. The van der Waals surface area contributed by atoms with Gasteiger partial charge in [0.2, 0.25) is 0 Å². The fourth-order valence-electron chi connectivity index (χ4n) is 5.85. The Kier molecular flexibility index (Phi) is 14.4. The number of aliphatic hydroxyl groups is 1. The molecule has 52 heavy (non-hydrogen) atoms. The van der Waals surface area contributed by atoms with Crippen molar-refractivity contribution < 1.29 is 45.7 Å². The molecule has 0 bridgehead atoms. The number of β-amino-alcohol motifs (C(OH)–C–C–N with tert-alkyl or cyclic N) is 1. The van der Waals surface area contributed by atoms with Crippen molar-refractivity contribution in [3.05, 3.63) is 126 Å². The molecule has 0 spiro atoms. The molecule has 0 aliphatic carbocycles. The summed E-state index contributed by atoms with van der Waals surface area (Å²) in [5.41, 5.74) is -0.929. The lowest BCUT2D eigenvalue weighted by Crippen LogP contribution is -2.37. The van der Waals surface area contributed by atoms with Crippen molar-refractivity contribution in [3.63, 3.8) is 0 Å². The van der Waals surface area contributed by atoms with E-state index < -0.39 is 28.8 Å². The first kappa shape index (κ1) is 40.5. The molecule has 4 aromatic rings. The highest BCUT2D eigenvalue weighted by molar-refractivity contribution is 5.31. The van der Waals surface area contributed by atoms with E-state index in [1.165, 1.54) is 36.4 Å². The molecule has 6 nitrogen and oxygen atoms in total. The minimum absolute atomic E-state index is 0.162. The molecule has 0 aromatic heterocycles. The quantitative estimate of drug-likeness (QED) is 0.165. The van der Waals surface area contributed by atoms with E-state index in [0.29, 0.717) is 51.6 Å². The van der Waals surface area contributed by atoms with Crippen molar-refractivity contribution in [3.8, 4) is 17.2 Å². The molecular weight excluding hydrogens is 686 g/mol. The van der Waals surface area contributed by atoms with Gasteiger partial charge in [0.15, 0.2) is 23.1 Å². The van der Waals surface area contributed by atoms with E-state index in [-0.39, 0.29) is 23.1 Å². The lowest BCUT2D eigenvalue weighted by molar-refractivity contribution is -0.137. The van der Waals surface area contributed by atoms with Crippen LogP contribution >= 0.6 is 0 Å². The summed E-state index contributed by atoms with van der Waals surface area (Å²) in [7, 11) is 0. The van der Waals surface area contributed by atoms with Gasteiger partial charge in [-0.25, -0.2) is 13.2 Å². The van der Waals surface area contributed by atoms with Crippen LogP contribution in [0.15, 0.2) is 97.1 Å². The van der Waals surface area contributed by atoms with Crippen molar-refractivity contribution in [2.24, 2.45) is 0 Å². The van der Waals surface area contributed by atoms with Gasteiger partial charge in [0.25, 0.3) is 0 Å². The molecule has 6 rings (SSSR count). The molecule has 2 fully saturated rings. The monoisotopic (exact) mass is 732 g/mol. The molecule has 282 valence electrons. The van der Waals surface area contributed by atoms with Crippen molar-refractivity contribution in [1.29, 1.82) is 0 Å². The van der Waals surface area contributed by atoms with Crippen LogP contribution in [0.3, 0.4) is 0 Å². The van der Waals surface area contributed by atoms with E-state index in [1.54, 1.807) is 42.5 Å². The maximum Gasteiger partial charge on any atom is 0.416 e. The Morgan fingerprint density at radius 2 is 1.25 bits per heavy atom. The van der Waals surface area contributed by atoms with Gasteiger partial charge in [-0.1, -0.05) is 42.5 Å². The molecule has 1 N–H and O–H groups in total. The first-order valence-electron chi connectivity index (χ1n) is 17.1. The van der Waals surface area contributed by atoms with Crippen LogP contribution in [-0.4, -0.2) is 78.6 Å². The van der Waals surface area contributed by atoms with Crippen molar-refractivity contribution >= 4 is 0 Å². The normalized spacial score (nSPS) is 20.3. The van der Waals surface area contributed by atoms with Gasteiger partial charge in [-0.3, -0.25) is 9.80 Å². The molecule has 4 aromatic carbocycles. The summed E-state index contributed by atoms with van der Waals surface area (Å²) in [6.45, 7) is 10.5. The van der Waals surface area contributed by atoms with Crippen molar-refractivity contribution in [1.82, 2.24) is 9.80 Å². The zero-order valence-electron chi connectivity index (χ0n) is 29.6. The summed E-state index contributed by atoms with van der Waals surface area (Å²) in [5.74, 6) is -0.197. The first-order chi connectivity index (χ1) is 24.6. The predicted octanol–water partition coefficient (Wildman–Crippen LogP) is 8.56. The summed E-state index contributed by atoms with van der Waals surface area (Å²) in [5, 5.41) is 9.78. The van der Waals surface area contributed by atoms with Crippen LogP contribution < -0.4 is 14.2 Å². The fraction of sp³-hybridized carbons (Fsp3) is 0.400. The molecule has 0 amide bonds. The topological polar surface area (TPSA) is 54.4 Å². The fourth-order valence-corrected chi connectivity index (χ4v) is 5.85. The summed E-state index contributed by atoms with van der Waals surface area (Å²) in [6, 6.07) is 24.0. The van der Waals surface area contributed by atoms with Gasteiger partial charge in [0, 0.05) is 45.7 Å². The highest BCUT2D eigenvalue weighted by Crippen LogP contribution is 2.34. The molecule has 0 saturated carbocycles. The van der Waals surface area contributed by atoms with Crippen molar-refractivity contribution in [2.75, 3.05) is 52.5 Å². The van der Waals surface area contributed by atoms with E-state index in [4.69, 9.17) is 14.2 Å². The molecular formula is C40H46F6N2O4. The average Bonchev–Trinajstić information content (AvgIpc) is 3.63. The Hall–Kier alpha value is -4.26. The largest absolute Gasteiger partial charge is 0.489 e. The summed E-state index contributed by atoms with van der Waals surface area (Å²) in [4.78, 5) is 4.22. The van der Waals surface area contributed by atoms with E-state index in [1.807, 2.05) is 26.8 Å². The molecule has 2 atom stereocenters. The number of ether oxygens (including phenoxy) is 3. The number of nitrogens with zero attached hydrogens (tertiary/aromatic N) is 2. The minimum Gasteiger partial charge on any atom is -0.489 e. The number of hydrogen-bond donors (Lipinski definition) is 1. The van der Waals surface area contributed by atoms with Gasteiger partial charge in [-0.2, -0.15) is 13.2 Å². The van der Waals surface area contributed by atoms with Crippen LogP contribution in [0.2, 0.25) is 0 Å². The van der Waals surface area contributed by atoms with Gasteiger partial charge in [-0.05, 0) is 87.4 Å². The number of benzene rings is 4. The third kappa shape index (κ3) is 13.4. The van der Waals surface area contributed by atoms with E-state index in [9.17, 15) is 31.4 Å². The number of halogens is 6. The second-order valence-electron chi connectivity index (χ2n) is 13.5. The van der Waals surface area contributed by atoms with Gasteiger partial charge >= 0.3 is 6.18 Å². The van der Waals surface area contributed by atoms with E-state index in [2.05, 4.69) is 9.80 Å². The van der Waals surface area contributed by atoms with Crippen LogP contribution in [0.1, 0.15) is 37.8 Å².